The van der Waals surface area contributed by atoms with E-state index in [9.17, 15) is 18.0 Å². The highest BCUT2D eigenvalue weighted by atomic mass is 32.2. The summed E-state index contributed by atoms with van der Waals surface area (Å²) in [5.74, 6) is -0.930. The smallest absolute Gasteiger partial charge is 0.324 e. The van der Waals surface area contributed by atoms with E-state index in [1.165, 1.54) is 38.1 Å². The maximum atomic E-state index is 12.3. The van der Waals surface area contributed by atoms with E-state index in [0.717, 1.165) is 5.56 Å². The number of carbonyl (C=O) groups is 2. The van der Waals surface area contributed by atoms with Crippen molar-refractivity contribution in [3.8, 4) is 0 Å². The third-order valence-corrected chi connectivity index (χ3v) is 4.95. The van der Waals surface area contributed by atoms with Crippen molar-refractivity contribution in [1.29, 1.82) is 0 Å². The van der Waals surface area contributed by atoms with Gasteiger partial charge in [0.15, 0.2) is 0 Å². The Morgan fingerprint density at radius 3 is 2.23 bits per heavy atom. The highest BCUT2D eigenvalue weighted by Gasteiger charge is 2.23. The summed E-state index contributed by atoms with van der Waals surface area (Å²) in [6, 6.07) is 13.7. The SMILES string of the molecule is CC(=O)Nc1ccc(S(=O)(=O)N[C@@H](C)C(=O)OCc2ccccc2)cc1. The predicted molar refractivity (Wildman–Crippen MR) is 96.8 cm³/mol. The third kappa shape index (κ3) is 5.68. The van der Waals surface area contributed by atoms with Gasteiger partial charge in [-0.25, -0.2) is 8.42 Å². The molecule has 0 heterocycles. The predicted octanol–water partition coefficient (Wildman–Crippen LogP) is 2.06. The van der Waals surface area contributed by atoms with Gasteiger partial charge < -0.3 is 10.1 Å². The van der Waals surface area contributed by atoms with Gasteiger partial charge in [-0.2, -0.15) is 4.72 Å². The van der Waals surface area contributed by atoms with Crippen LogP contribution in [0.25, 0.3) is 0 Å². The molecule has 0 bridgehead atoms. The van der Waals surface area contributed by atoms with E-state index in [2.05, 4.69) is 10.0 Å². The van der Waals surface area contributed by atoms with Crippen molar-refractivity contribution < 1.29 is 22.7 Å². The number of rotatable bonds is 7. The number of ether oxygens (including phenoxy) is 1. The second kappa shape index (κ2) is 8.59. The molecule has 1 atom stereocenters. The van der Waals surface area contributed by atoms with Crippen LogP contribution in [0.15, 0.2) is 59.5 Å². The average Bonchev–Trinajstić information content (AvgIpc) is 2.60. The monoisotopic (exact) mass is 376 g/mol. The maximum absolute atomic E-state index is 12.3. The standard InChI is InChI=1S/C18H20N2O5S/c1-13(18(22)25-12-15-6-4-3-5-7-15)20-26(23,24)17-10-8-16(9-11-17)19-14(2)21/h3-11,13,20H,12H2,1-2H3,(H,19,21)/t13-/m0/s1. The van der Waals surface area contributed by atoms with Crippen LogP contribution >= 0.6 is 0 Å². The Bertz CT molecular complexity index is 864. The molecule has 2 N–H and O–H groups in total. The molecule has 7 nitrogen and oxygen atoms in total. The number of carbonyl (C=O) groups excluding carboxylic acids is 2. The number of hydrogen-bond acceptors (Lipinski definition) is 5. The minimum absolute atomic E-state index is 0.0192. The molecule has 0 spiro atoms. The van der Waals surface area contributed by atoms with Gasteiger partial charge in [0.25, 0.3) is 0 Å². The first-order chi connectivity index (χ1) is 12.3. The first kappa shape index (κ1) is 19.6. The van der Waals surface area contributed by atoms with Gasteiger partial charge in [-0.1, -0.05) is 30.3 Å². The Morgan fingerprint density at radius 1 is 1.04 bits per heavy atom. The quantitative estimate of drug-likeness (QED) is 0.720. The third-order valence-electron chi connectivity index (χ3n) is 3.39. The second-order valence-corrected chi connectivity index (χ2v) is 7.36. The summed E-state index contributed by atoms with van der Waals surface area (Å²) in [7, 11) is -3.90. The summed E-state index contributed by atoms with van der Waals surface area (Å²) in [5.41, 5.74) is 1.29. The van der Waals surface area contributed by atoms with Crippen LogP contribution in [0, 0.1) is 0 Å². The molecule has 2 rings (SSSR count). The summed E-state index contributed by atoms with van der Waals surface area (Å²) in [5, 5.41) is 2.55. The molecule has 0 aliphatic heterocycles. The Kier molecular flexibility index (Phi) is 6.48. The van der Waals surface area contributed by atoms with E-state index < -0.39 is 22.0 Å². The number of anilines is 1. The van der Waals surface area contributed by atoms with Crippen molar-refractivity contribution in [3.63, 3.8) is 0 Å². The molecule has 0 fully saturated rings. The maximum Gasteiger partial charge on any atom is 0.324 e. The van der Waals surface area contributed by atoms with E-state index in [1.54, 1.807) is 12.1 Å². The summed E-state index contributed by atoms with van der Waals surface area (Å²) in [6.45, 7) is 2.84. The Hall–Kier alpha value is -2.71. The highest BCUT2D eigenvalue weighted by molar-refractivity contribution is 7.89. The van der Waals surface area contributed by atoms with Gasteiger partial charge in [-0.15, -0.1) is 0 Å². The van der Waals surface area contributed by atoms with Gasteiger partial charge in [0.1, 0.15) is 12.6 Å². The fourth-order valence-corrected chi connectivity index (χ4v) is 3.32. The first-order valence-electron chi connectivity index (χ1n) is 7.88. The van der Waals surface area contributed by atoms with Crippen LogP contribution in [0.4, 0.5) is 5.69 Å². The highest BCUT2D eigenvalue weighted by Crippen LogP contribution is 2.14. The van der Waals surface area contributed by atoms with Crippen molar-refractivity contribution >= 4 is 27.6 Å². The Morgan fingerprint density at radius 2 is 1.65 bits per heavy atom. The molecule has 26 heavy (non-hydrogen) atoms. The molecule has 0 saturated carbocycles. The second-order valence-electron chi connectivity index (χ2n) is 5.64. The molecule has 0 aromatic heterocycles. The summed E-state index contributed by atoms with van der Waals surface area (Å²) in [6.07, 6.45) is 0. The lowest BCUT2D eigenvalue weighted by Crippen LogP contribution is -2.39. The zero-order valence-corrected chi connectivity index (χ0v) is 15.2. The zero-order valence-electron chi connectivity index (χ0n) is 14.4. The molecule has 0 unspecified atom stereocenters. The molecule has 2 aromatic rings. The largest absolute Gasteiger partial charge is 0.460 e. The van der Waals surface area contributed by atoms with Crippen molar-refractivity contribution in [3.05, 3.63) is 60.2 Å². The fourth-order valence-electron chi connectivity index (χ4n) is 2.12. The Labute approximate surface area is 152 Å². The van der Waals surface area contributed by atoms with Gasteiger partial charge in [0.05, 0.1) is 4.90 Å². The molecular weight excluding hydrogens is 356 g/mol. The van der Waals surface area contributed by atoms with Crippen LogP contribution in [-0.2, 0) is 31.0 Å². The molecule has 0 aliphatic carbocycles. The molecule has 8 heteroatoms. The van der Waals surface area contributed by atoms with Crippen molar-refractivity contribution in [2.24, 2.45) is 0 Å². The van der Waals surface area contributed by atoms with Gasteiger partial charge >= 0.3 is 5.97 Å². The topological polar surface area (TPSA) is 102 Å². The van der Waals surface area contributed by atoms with Crippen molar-refractivity contribution in [1.82, 2.24) is 4.72 Å². The Balaban J connectivity index is 1.96. The van der Waals surface area contributed by atoms with Gasteiger partial charge in [-0.3, -0.25) is 9.59 Å². The average molecular weight is 376 g/mol. The van der Waals surface area contributed by atoms with Crippen molar-refractivity contribution in [2.75, 3.05) is 5.32 Å². The molecule has 2 aromatic carbocycles. The normalized spacial score (nSPS) is 12.2. The summed E-state index contributed by atoms with van der Waals surface area (Å²) in [4.78, 5) is 23.0. The lowest BCUT2D eigenvalue weighted by molar-refractivity contribution is -0.146. The van der Waals surface area contributed by atoms with E-state index in [4.69, 9.17) is 4.74 Å². The lowest BCUT2D eigenvalue weighted by atomic mass is 10.2. The number of benzene rings is 2. The minimum atomic E-state index is -3.90. The fraction of sp³-hybridized carbons (Fsp3) is 0.222. The van der Waals surface area contributed by atoms with E-state index in [-0.39, 0.29) is 17.4 Å². The molecule has 138 valence electrons. The lowest BCUT2D eigenvalue weighted by Gasteiger charge is -2.14. The van der Waals surface area contributed by atoms with Crippen molar-refractivity contribution in [2.45, 2.75) is 31.4 Å². The molecule has 0 radical (unpaired) electrons. The van der Waals surface area contributed by atoms with Crippen LogP contribution in [0.2, 0.25) is 0 Å². The van der Waals surface area contributed by atoms with E-state index >= 15 is 0 Å². The molecular formula is C18H20N2O5S. The summed E-state index contributed by atoms with van der Waals surface area (Å²) >= 11 is 0. The van der Waals surface area contributed by atoms with Crippen LogP contribution < -0.4 is 10.0 Å². The van der Waals surface area contributed by atoms with Gasteiger partial charge in [0, 0.05) is 12.6 Å². The number of nitrogens with one attached hydrogen (secondary N) is 2. The zero-order chi connectivity index (χ0) is 19.2. The van der Waals surface area contributed by atoms with Crippen LogP contribution in [0.5, 0.6) is 0 Å². The van der Waals surface area contributed by atoms with Crippen LogP contribution in [0.3, 0.4) is 0 Å². The van der Waals surface area contributed by atoms with Gasteiger partial charge in [0.2, 0.25) is 15.9 Å². The number of sulfonamides is 1. The van der Waals surface area contributed by atoms with E-state index in [1.807, 2.05) is 18.2 Å². The summed E-state index contributed by atoms with van der Waals surface area (Å²) < 4.78 is 32.1. The number of amides is 1. The molecule has 0 saturated heterocycles. The van der Waals surface area contributed by atoms with E-state index in [0.29, 0.717) is 5.69 Å². The minimum Gasteiger partial charge on any atom is -0.460 e. The molecule has 1 amide bonds. The number of esters is 1. The van der Waals surface area contributed by atoms with Crippen LogP contribution in [-0.4, -0.2) is 26.3 Å². The van der Waals surface area contributed by atoms with Crippen LogP contribution in [0.1, 0.15) is 19.4 Å². The first-order valence-corrected chi connectivity index (χ1v) is 9.37. The van der Waals surface area contributed by atoms with Gasteiger partial charge in [-0.05, 0) is 36.8 Å². The number of hydrogen-bond donors (Lipinski definition) is 2. The molecule has 0 aliphatic rings.